The quantitative estimate of drug-likeness (QED) is 0.324. The van der Waals surface area contributed by atoms with Crippen LogP contribution in [-0.2, 0) is 17.1 Å². The van der Waals surface area contributed by atoms with Gasteiger partial charge in [0.25, 0.3) is 0 Å². The molecule has 0 radical (unpaired) electrons. The summed E-state index contributed by atoms with van der Waals surface area (Å²) in [6.45, 7) is 0. The van der Waals surface area contributed by atoms with E-state index >= 15 is 0 Å². The van der Waals surface area contributed by atoms with Crippen molar-refractivity contribution >= 4 is 11.4 Å². The summed E-state index contributed by atoms with van der Waals surface area (Å²) in [7, 11) is 0. The van der Waals surface area contributed by atoms with E-state index in [0.29, 0.717) is 0 Å². The monoisotopic (exact) mass is 382 g/mol. The van der Waals surface area contributed by atoms with Crippen molar-refractivity contribution in [3.63, 3.8) is 0 Å². The molecule has 0 aromatic heterocycles. The van der Waals surface area contributed by atoms with Crippen molar-refractivity contribution in [1.82, 2.24) is 0 Å². The van der Waals surface area contributed by atoms with Crippen molar-refractivity contribution in [2.75, 3.05) is 0 Å². The number of azo groups is 1. The van der Waals surface area contributed by atoms with Crippen LogP contribution in [0.2, 0.25) is 0 Å². The SMILES string of the molecule is O=c1cc[c-]([NH+]=Nc2cccc(-c3ccc[cH-]3)c2)cc1.[Fe+2].c1cc[cH-]c1. The third-order valence-electron chi connectivity index (χ3n) is 3.57. The Balaban J connectivity index is 0.000000351. The van der Waals surface area contributed by atoms with E-state index in [2.05, 4.69) is 28.4 Å². The smallest absolute Gasteiger partial charge is 0.319 e. The van der Waals surface area contributed by atoms with E-state index < -0.39 is 0 Å². The summed E-state index contributed by atoms with van der Waals surface area (Å²) in [6, 6.07) is 32.6. The normalized spacial score (nSPS) is 10.0. The Bertz CT molecular complexity index is 930. The molecule has 0 fully saturated rings. The molecule has 0 spiro atoms. The molecule has 0 heterocycles. The average Bonchev–Trinajstić information content (AvgIpc) is 3.37. The fraction of sp³-hybridized carbons (Fsp3) is 0. The molecule has 26 heavy (non-hydrogen) atoms. The number of hydrogen-bond acceptors (Lipinski definition) is 2. The Labute approximate surface area is 163 Å². The molecule has 4 aromatic rings. The standard InChI is InChI=1S/C17H13N2O.C5H5.Fe/c20-17-10-8-15(9-11-17)18-19-16-7-3-6-14(12-16)13-4-1-2-5-13;1-2-4-5-3-1;/h1-12,18H;1-5H;/q2*-1;+2. The predicted octanol–water partition coefficient (Wildman–Crippen LogP) is 4.05. The molecule has 0 amide bonds. The molecule has 0 bridgehead atoms. The molecule has 0 saturated heterocycles. The van der Waals surface area contributed by atoms with Crippen LogP contribution in [0.4, 0.5) is 11.4 Å². The Hall–Kier alpha value is -2.94. The molecule has 0 aliphatic rings. The van der Waals surface area contributed by atoms with Gasteiger partial charge in [0.15, 0.2) is 0 Å². The van der Waals surface area contributed by atoms with Crippen molar-refractivity contribution in [2.24, 2.45) is 5.11 Å². The average molecular weight is 382 g/mol. The molecular formula is C22H18FeN2O. The Morgan fingerprint density at radius 2 is 1.65 bits per heavy atom. The summed E-state index contributed by atoms with van der Waals surface area (Å²) >= 11 is 0. The largest absolute Gasteiger partial charge is 2.00 e. The van der Waals surface area contributed by atoms with Gasteiger partial charge in [0, 0.05) is 0 Å². The molecule has 0 aliphatic carbocycles. The van der Waals surface area contributed by atoms with Gasteiger partial charge in [-0.25, -0.2) is 12.1 Å². The van der Waals surface area contributed by atoms with Gasteiger partial charge in [-0.3, -0.25) is 0 Å². The van der Waals surface area contributed by atoms with Crippen LogP contribution in [0, 0.1) is 0 Å². The first kappa shape index (κ1) is 19.4. The topological polar surface area (TPSA) is 43.4 Å². The van der Waals surface area contributed by atoms with Crippen molar-refractivity contribution in [1.29, 1.82) is 0 Å². The van der Waals surface area contributed by atoms with Crippen LogP contribution >= 0.6 is 0 Å². The van der Waals surface area contributed by atoms with E-state index in [1.165, 1.54) is 17.7 Å². The number of nitrogens with zero attached hydrogens (tertiary/aromatic N) is 1. The maximum Gasteiger partial charge on any atom is 2.00 e. The summed E-state index contributed by atoms with van der Waals surface area (Å²) in [5.41, 5.74) is 3.94. The van der Waals surface area contributed by atoms with Gasteiger partial charge in [0.05, 0.1) is 5.43 Å². The van der Waals surface area contributed by atoms with Crippen LogP contribution < -0.4 is 10.5 Å². The number of benzene rings is 2. The van der Waals surface area contributed by atoms with Crippen LogP contribution in [0.1, 0.15) is 0 Å². The molecular weight excluding hydrogens is 364 g/mol. The number of hydrogen-bond donors (Lipinski definition) is 1. The van der Waals surface area contributed by atoms with Crippen LogP contribution in [0.3, 0.4) is 0 Å². The fourth-order valence-electron chi connectivity index (χ4n) is 2.30. The molecule has 4 heteroatoms. The predicted molar refractivity (Wildman–Crippen MR) is 101 cm³/mol. The van der Waals surface area contributed by atoms with Gasteiger partial charge in [-0.05, 0) is 11.2 Å². The van der Waals surface area contributed by atoms with Crippen LogP contribution in [0.15, 0.2) is 113 Å². The van der Waals surface area contributed by atoms with Crippen molar-refractivity contribution in [3.8, 4) is 11.1 Å². The van der Waals surface area contributed by atoms with E-state index in [4.69, 9.17) is 0 Å². The molecule has 1 N–H and O–H groups in total. The minimum absolute atomic E-state index is 0. The van der Waals surface area contributed by atoms with Crippen LogP contribution in [0.25, 0.3) is 11.1 Å². The molecule has 130 valence electrons. The molecule has 0 unspecified atom stereocenters. The first-order chi connectivity index (χ1) is 12.3. The van der Waals surface area contributed by atoms with Gasteiger partial charge < -0.3 is 4.79 Å². The molecule has 0 atom stereocenters. The number of nitrogens with one attached hydrogen (secondary N) is 1. The minimum atomic E-state index is -0.00578. The summed E-state index contributed by atoms with van der Waals surface area (Å²) in [5, 5.41) is 7.27. The van der Waals surface area contributed by atoms with E-state index in [9.17, 15) is 4.79 Å². The van der Waals surface area contributed by atoms with Crippen molar-refractivity contribution in [2.45, 2.75) is 0 Å². The van der Waals surface area contributed by atoms with Crippen molar-refractivity contribution in [3.05, 3.63) is 113 Å². The first-order valence-electron chi connectivity index (χ1n) is 8.04. The Kier molecular flexibility index (Phi) is 7.56. The first-order valence-corrected chi connectivity index (χ1v) is 8.04. The van der Waals surface area contributed by atoms with E-state index in [1.807, 2.05) is 60.7 Å². The maximum absolute atomic E-state index is 11.0. The summed E-state index contributed by atoms with van der Waals surface area (Å²) < 4.78 is 0. The van der Waals surface area contributed by atoms with Crippen LogP contribution in [-0.4, -0.2) is 0 Å². The van der Waals surface area contributed by atoms with Gasteiger partial charge >= 0.3 is 17.1 Å². The molecule has 0 saturated carbocycles. The maximum atomic E-state index is 11.0. The van der Waals surface area contributed by atoms with Crippen molar-refractivity contribution < 1.29 is 22.2 Å². The third-order valence-corrected chi connectivity index (χ3v) is 3.57. The second kappa shape index (κ2) is 10.1. The zero-order chi connectivity index (χ0) is 17.3. The minimum Gasteiger partial charge on any atom is -0.319 e. The molecule has 0 aliphatic heterocycles. The Morgan fingerprint density at radius 1 is 0.885 bits per heavy atom. The second-order valence-electron chi connectivity index (χ2n) is 5.43. The van der Waals surface area contributed by atoms with Crippen LogP contribution in [0.5, 0.6) is 0 Å². The zero-order valence-electron chi connectivity index (χ0n) is 14.0. The van der Waals surface area contributed by atoms with Gasteiger partial charge in [0.2, 0.25) is 0 Å². The summed E-state index contributed by atoms with van der Waals surface area (Å²) in [5.74, 6) is 0. The van der Waals surface area contributed by atoms with Gasteiger partial charge in [0.1, 0.15) is 11.4 Å². The number of rotatable bonds is 3. The van der Waals surface area contributed by atoms with E-state index in [-0.39, 0.29) is 22.5 Å². The fourth-order valence-corrected chi connectivity index (χ4v) is 2.30. The zero-order valence-corrected chi connectivity index (χ0v) is 15.1. The molecule has 4 rings (SSSR count). The van der Waals surface area contributed by atoms with E-state index in [1.54, 1.807) is 12.1 Å². The Morgan fingerprint density at radius 3 is 2.27 bits per heavy atom. The third kappa shape index (κ3) is 5.85. The molecule has 3 nitrogen and oxygen atoms in total. The van der Waals surface area contributed by atoms with Gasteiger partial charge in [-0.2, -0.15) is 47.1 Å². The van der Waals surface area contributed by atoms with Gasteiger partial charge in [-0.15, -0.1) is 18.2 Å². The van der Waals surface area contributed by atoms with E-state index in [0.717, 1.165) is 16.9 Å². The molecule has 4 aromatic carbocycles. The van der Waals surface area contributed by atoms with Gasteiger partial charge in [-0.1, -0.05) is 35.9 Å². The second-order valence-corrected chi connectivity index (χ2v) is 5.43. The summed E-state index contributed by atoms with van der Waals surface area (Å²) in [4.78, 5) is 11.0. The summed E-state index contributed by atoms with van der Waals surface area (Å²) in [6.07, 6.45) is 0.